The first-order valence-corrected chi connectivity index (χ1v) is 6.54. The first kappa shape index (κ1) is 12.2. The average Bonchev–Trinajstić information content (AvgIpc) is 2.84. The van der Waals surface area contributed by atoms with Crippen LogP contribution in [0.3, 0.4) is 0 Å². The molecular formula is C13H17N3S. The minimum absolute atomic E-state index is 0.246. The summed E-state index contributed by atoms with van der Waals surface area (Å²) in [6.45, 7) is 4.29. The molecule has 1 N–H and O–H groups in total. The standard InChI is InChI=1S/C13H17N3S/c1-9-4-5-11(6-10(9)2)7-12(14-3)13-8-17-16-15-13/h4-6,8,12,14H,7H2,1-3H3. The normalized spacial score (nSPS) is 12.6. The number of hydrogen-bond donors (Lipinski definition) is 1. The summed E-state index contributed by atoms with van der Waals surface area (Å²) in [6.07, 6.45) is 0.947. The van der Waals surface area contributed by atoms with Gasteiger partial charge in [0.15, 0.2) is 0 Å². The Kier molecular flexibility index (Phi) is 3.86. The molecule has 0 aliphatic rings. The lowest BCUT2D eigenvalue weighted by atomic mass is 10.00. The first-order valence-electron chi connectivity index (χ1n) is 5.71. The maximum Gasteiger partial charge on any atom is 0.0928 e. The van der Waals surface area contributed by atoms with E-state index < -0.39 is 0 Å². The Bertz CT molecular complexity index is 479. The van der Waals surface area contributed by atoms with Crippen LogP contribution in [0.2, 0.25) is 0 Å². The van der Waals surface area contributed by atoms with Crippen LogP contribution < -0.4 is 5.32 Å². The summed E-state index contributed by atoms with van der Waals surface area (Å²) in [5, 5.41) is 9.42. The second-order valence-corrected chi connectivity index (χ2v) is 4.90. The summed E-state index contributed by atoms with van der Waals surface area (Å²) in [5.74, 6) is 0. The van der Waals surface area contributed by atoms with Gasteiger partial charge in [-0.05, 0) is 55.5 Å². The molecule has 2 aromatic rings. The summed E-state index contributed by atoms with van der Waals surface area (Å²) in [6, 6.07) is 6.86. The first-order chi connectivity index (χ1) is 8.20. The Hall–Kier alpha value is -1.26. The van der Waals surface area contributed by atoms with Gasteiger partial charge in [0.1, 0.15) is 0 Å². The molecule has 1 aromatic heterocycles. The third kappa shape index (κ3) is 2.90. The van der Waals surface area contributed by atoms with Crippen LogP contribution in [0.15, 0.2) is 23.6 Å². The molecule has 0 fully saturated rings. The molecule has 0 spiro atoms. The predicted octanol–water partition coefficient (Wildman–Crippen LogP) is 2.66. The van der Waals surface area contributed by atoms with Crippen LogP contribution in [0.1, 0.15) is 28.4 Å². The van der Waals surface area contributed by atoms with Gasteiger partial charge in [0.25, 0.3) is 0 Å². The number of nitrogens with one attached hydrogen (secondary N) is 1. The van der Waals surface area contributed by atoms with Crippen LogP contribution in [0.25, 0.3) is 0 Å². The van der Waals surface area contributed by atoms with E-state index in [1.807, 2.05) is 12.4 Å². The Morgan fingerprint density at radius 3 is 2.71 bits per heavy atom. The van der Waals surface area contributed by atoms with E-state index in [0.29, 0.717) is 0 Å². The molecule has 1 unspecified atom stereocenters. The highest BCUT2D eigenvalue weighted by atomic mass is 32.1. The molecule has 1 aromatic carbocycles. The van der Waals surface area contributed by atoms with Crippen molar-refractivity contribution in [2.45, 2.75) is 26.3 Å². The van der Waals surface area contributed by atoms with Crippen LogP contribution in [-0.4, -0.2) is 16.6 Å². The van der Waals surface area contributed by atoms with Gasteiger partial charge in [0, 0.05) is 5.38 Å². The van der Waals surface area contributed by atoms with Crippen molar-refractivity contribution in [3.8, 4) is 0 Å². The zero-order valence-corrected chi connectivity index (χ0v) is 11.2. The van der Waals surface area contributed by atoms with Gasteiger partial charge < -0.3 is 5.32 Å². The van der Waals surface area contributed by atoms with Gasteiger partial charge >= 0.3 is 0 Å². The van der Waals surface area contributed by atoms with Crippen molar-refractivity contribution >= 4 is 11.5 Å². The number of benzene rings is 1. The largest absolute Gasteiger partial charge is 0.311 e. The number of hydrogen-bond acceptors (Lipinski definition) is 4. The summed E-state index contributed by atoms with van der Waals surface area (Å²) in [5.41, 5.74) is 5.04. The topological polar surface area (TPSA) is 37.8 Å². The smallest absolute Gasteiger partial charge is 0.0928 e. The van der Waals surface area contributed by atoms with Crippen LogP contribution in [0.5, 0.6) is 0 Å². The van der Waals surface area contributed by atoms with Gasteiger partial charge in [-0.25, -0.2) is 0 Å². The minimum Gasteiger partial charge on any atom is -0.311 e. The lowest BCUT2D eigenvalue weighted by Crippen LogP contribution is -2.19. The highest BCUT2D eigenvalue weighted by Gasteiger charge is 2.12. The van der Waals surface area contributed by atoms with Gasteiger partial charge in [-0.3, -0.25) is 0 Å². The molecule has 4 heteroatoms. The molecule has 17 heavy (non-hydrogen) atoms. The van der Waals surface area contributed by atoms with Crippen LogP contribution >= 0.6 is 11.5 Å². The number of aromatic nitrogens is 2. The molecule has 3 nitrogen and oxygen atoms in total. The fraction of sp³-hybridized carbons (Fsp3) is 0.385. The van der Waals surface area contributed by atoms with Crippen molar-refractivity contribution < 1.29 is 0 Å². The fourth-order valence-corrected chi connectivity index (χ4v) is 2.35. The molecule has 2 rings (SSSR count). The van der Waals surface area contributed by atoms with Gasteiger partial charge in [-0.2, -0.15) is 0 Å². The lowest BCUT2D eigenvalue weighted by molar-refractivity contribution is 0.574. The molecule has 0 saturated carbocycles. The zero-order chi connectivity index (χ0) is 12.3. The van der Waals surface area contributed by atoms with Crippen molar-refractivity contribution in [3.05, 3.63) is 46.0 Å². The van der Waals surface area contributed by atoms with Crippen molar-refractivity contribution in [1.82, 2.24) is 14.9 Å². The quantitative estimate of drug-likeness (QED) is 0.902. The summed E-state index contributed by atoms with van der Waals surface area (Å²) >= 11 is 1.40. The van der Waals surface area contributed by atoms with E-state index in [-0.39, 0.29) is 6.04 Å². The maximum absolute atomic E-state index is 4.13. The van der Waals surface area contributed by atoms with E-state index in [4.69, 9.17) is 0 Å². The number of likely N-dealkylation sites (N-methyl/N-ethyl adjacent to an activating group) is 1. The van der Waals surface area contributed by atoms with Gasteiger partial charge in [0.05, 0.1) is 11.7 Å². The molecule has 0 aliphatic heterocycles. The molecule has 90 valence electrons. The molecule has 0 saturated heterocycles. The van der Waals surface area contributed by atoms with E-state index in [0.717, 1.165) is 12.1 Å². The van der Waals surface area contributed by atoms with Gasteiger partial charge in [-0.1, -0.05) is 22.7 Å². The monoisotopic (exact) mass is 247 g/mol. The van der Waals surface area contributed by atoms with Crippen molar-refractivity contribution in [2.75, 3.05) is 7.05 Å². The van der Waals surface area contributed by atoms with Crippen LogP contribution in [0, 0.1) is 13.8 Å². The third-order valence-corrected chi connectivity index (χ3v) is 3.62. The fourth-order valence-electron chi connectivity index (χ4n) is 1.84. The van der Waals surface area contributed by atoms with Crippen LogP contribution in [-0.2, 0) is 6.42 Å². The third-order valence-electron chi connectivity index (χ3n) is 3.09. The van der Waals surface area contributed by atoms with E-state index >= 15 is 0 Å². The Balaban J connectivity index is 2.16. The van der Waals surface area contributed by atoms with Gasteiger partial charge in [0.2, 0.25) is 0 Å². The average molecular weight is 247 g/mol. The van der Waals surface area contributed by atoms with E-state index in [9.17, 15) is 0 Å². The highest BCUT2D eigenvalue weighted by Crippen LogP contribution is 2.18. The minimum atomic E-state index is 0.246. The van der Waals surface area contributed by atoms with Gasteiger partial charge in [-0.15, -0.1) is 5.10 Å². The summed E-state index contributed by atoms with van der Waals surface area (Å²) in [4.78, 5) is 0. The second kappa shape index (κ2) is 5.38. The molecular weight excluding hydrogens is 230 g/mol. The van der Waals surface area contributed by atoms with E-state index in [2.05, 4.69) is 47.0 Å². The lowest BCUT2D eigenvalue weighted by Gasteiger charge is -2.14. The number of aryl methyl sites for hydroxylation is 2. The molecule has 1 atom stereocenters. The highest BCUT2D eigenvalue weighted by molar-refractivity contribution is 7.03. The molecule has 0 aliphatic carbocycles. The summed E-state index contributed by atoms with van der Waals surface area (Å²) < 4.78 is 3.92. The molecule has 1 heterocycles. The van der Waals surface area contributed by atoms with E-state index in [1.165, 1.54) is 28.2 Å². The van der Waals surface area contributed by atoms with E-state index in [1.54, 1.807) is 0 Å². The maximum atomic E-state index is 4.13. The van der Waals surface area contributed by atoms with Crippen molar-refractivity contribution in [1.29, 1.82) is 0 Å². The van der Waals surface area contributed by atoms with Crippen molar-refractivity contribution in [2.24, 2.45) is 0 Å². The molecule has 0 radical (unpaired) electrons. The predicted molar refractivity (Wildman–Crippen MR) is 71.3 cm³/mol. The number of rotatable bonds is 4. The Morgan fingerprint density at radius 2 is 2.12 bits per heavy atom. The number of nitrogens with zero attached hydrogens (tertiary/aromatic N) is 2. The Morgan fingerprint density at radius 1 is 1.29 bits per heavy atom. The summed E-state index contributed by atoms with van der Waals surface area (Å²) in [7, 11) is 1.96. The van der Waals surface area contributed by atoms with Crippen molar-refractivity contribution in [3.63, 3.8) is 0 Å². The zero-order valence-electron chi connectivity index (χ0n) is 10.4. The molecule has 0 amide bonds. The second-order valence-electron chi connectivity index (χ2n) is 4.29. The molecule has 0 bridgehead atoms. The Labute approximate surface area is 106 Å². The SMILES string of the molecule is CNC(Cc1ccc(C)c(C)c1)c1csnn1. The van der Waals surface area contributed by atoms with Crippen LogP contribution in [0.4, 0.5) is 0 Å².